The molecule has 2 unspecified atom stereocenters. The second kappa shape index (κ2) is 7.01. The zero-order valence-corrected chi connectivity index (χ0v) is 12.4. The lowest BCUT2D eigenvalue weighted by molar-refractivity contribution is 0.00918. The highest BCUT2D eigenvalue weighted by Gasteiger charge is 2.31. The summed E-state index contributed by atoms with van der Waals surface area (Å²) in [5.41, 5.74) is 2.55. The van der Waals surface area contributed by atoms with Crippen molar-refractivity contribution in [2.75, 3.05) is 14.2 Å². The second-order valence-corrected chi connectivity index (χ2v) is 5.60. The van der Waals surface area contributed by atoms with E-state index in [1.807, 2.05) is 26.6 Å². The Hall–Kier alpha value is -0.930. The number of aryl methyl sites for hydroxylation is 1. The lowest BCUT2D eigenvalue weighted by Gasteiger charge is -2.35. The first-order valence-corrected chi connectivity index (χ1v) is 7.38. The number of nitrogens with zero attached hydrogens (tertiary/aromatic N) is 1. The average Bonchev–Trinajstić information content (AvgIpc) is 2.46. The zero-order valence-electron chi connectivity index (χ0n) is 12.4. The molecule has 1 N–H and O–H groups in total. The normalized spacial score (nSPS) is 20.2. The van der Waals surface area contributed by atoms with Gasteiger partial charge in [-0.15, -0.1) is 0 Å². The first kappa shape index (κ1) is 14.5. The van der Waals surface area contributed by atoms with Crippen LogP contribution in [0.2, 0.25) is 0 Å². The van der Waals surface area contributed by atoms with Gasteiger partial charge in [0, 0.05) is 19.5 Å². The van der Waals surface area contributed by atoms with Crippen molar-refractivity contribution in [3.05, 3.63) is 29.6 Å². The molecule has 1 aromatic rings. The van der Waals surface area contributed by atoms with Crippen LogP contribution in [0.1, 0.15) is 49.3 Å². The molecule has 0 saturated heterocycles. The third kappa shape index (κ3) is 3.34. The van der Waals surface area contributed by atoms with E-state index in [-0.39, 0.29) is 12.1 Å². The summed E-state index contributed by atoms with van der Waals surface area (Å²) in [7, 11) is 3.86. The summed E-state index contributed by atoms with van der Waals surface area (Å²) >= 11 is 0. The van der Waals surface area contributed by atoms with E-state index in [4.69, 9.17) is 4.74 Å². The number of likely N-dealkylation sites (N-methyl/N-ethyl adjacent to an activating group) is 1. The molecule has 0 spiro atoms. The van der Waals surface area contributed by atoms with Crippen molar-refractivity contribution in [2.45, 2.75) is 51.2 Å². The van der Waals surface area contributed by atoms with E-state index >= 15 is 0 Å². The van der Waals surface area contributed by atoms with Crippen LogP contribution in [0, 0.1) is 12.8 Å². The van der Waals surface area contributed by atoms with Gasteiger partial charge in [-0.2, -0.15) is 0 Å². The summed E-state index contributed by atoms with van der Waals surface area (Å²) in [6.45, 7) is 2.15. The minimum atomic E-state index is 0.238. The van der Waals surface area contributed by atoms with Gasteiger partial charge < -0.3 is 10.1 Å². The van der Waals surface area contributed by atoms with Gasteiger partial charge in [-0.05, 0) is 49.9 Å². The molecule has 0 aliphatic heterocycles. The molecule has 1 aliphatic rings. The minimum Gasteiger partial charge on any atom is -0.379 e. The van der Waals surface area contributed by atoms with E-state index in [1.54, 1.807) is 0 Å². The first-order valence-electron chi connectivity index (χ1n) is 7.38. The number of hydrogen-bond acceptors (Lipinski definition) is 3. The fourth-order valence-corrected chi connectivity index (χ4v) is 3.36. The van der Waals surface area contributed by atoms with Crippen LogP contribution in [0.3, 0.4) is 0 Å². The van der Waals surface area contributed by atoms with Gasteiger partial charge in [0.25, 0.3) is 0 Å². The Morgan fingerprint density at radius 1 is 1.32 bits per heavy atom. The van der Waals surface area contributed by atoms with Crippen molar-refractivity contribution in [1.29, 1.82) is 0 Å². The molecule has 3 nitrogen and oxygen atoms in total. The molecule has 1 aromatic heterocycles. The van der Waals surface area contributed by atoms with Crippen LogP contribution in [0.4, 0.5) is 0 Å². The van der Waals surface area contributed by atoms with E-state index in [1.165, 1.54) is 43.2 Å². The quantitative estimate of drug-likeness (QED) is 0.884. The van der Waals surface area contributed by atoms with Crippen molar-refractivity contribution in [1.82, 2.24) is 10.3 Å². The summed E-state index contributed by atoms with van der Waals surface area (Å²) in [5, 5.41) is 3.44. The smallest absolute Gasteiger partial charge is 0.0794 e. The summed E-state index contributed by atoms with van der Waals surface area (Å²) < 4.78 is 5.86. The molecule has 0 amide bonds. The van der Waals surface area contributed by atoms with Crippen LogP contribution in [-0.4, -0.2) is 25.2 Å². The van der Waals surface area contributed by atoms with Crippen molar-refractivity contribution in [2.24, 2.45) is 5.92 Å². The number of aromatic nitrogens is 1. The summed E-state index contributed by atoms with van der Waals surface area (Å²) in [6, 6.07) is 2.31. The summed E-state index contributed by atoms with van der Waals surface area (Å²) in [5.74, 6) is 0.663. The van der Waals surface area contributed by atoms with Gasteiger partial charge in [0.1, 0.15) is 0 Å². The number of rotatable bonds is 5. The molecular formula is C16H26N2O. The highest BCUT2D eigenvalue weighted by atomic mass is 16.5. The number of ether oxygens (including phenoxy) is 1. The van der Waals surface area contributed by atoms with Gasteiger partial charge in [0.05, 0.1) is 12.1 Å². The molecule has 0 bridgehead atoms. The SMILES string of the molecule is CNC(c1cnccc1C)C(OC)C1CCCCC1. The molecule has 19 heavy (non-hydrogen) atoms. The average molecular weight is 262 g/mol. The van der Waals surface area contributed by atoms with Crippen LogP contribution in [-0.2, 0) is 4.74 Å². The maximum Gasteiger partial charge on any atom is 0.0794 e. The molecule has 1 aliphatic carbocycles. The highest BCUT2D eigenvalue weighted by molar-refractivity contribution is 5.26. The molecule has 1 heterocycles. The molecule has 1 fully saturated rings. The monoisotopic (exact) mass is 262 g/mol. The van der Waals surface area contributed by atoms with Crippen LogP contribution < -0.4 is 5.32 Å². The molecule has 2 atom stereocenters. The largest absolute Gasteiger partial charge is 0.379 e. The topological polar surface area (TPSA) is 34.2 Å². The molecule has 106 valence electrons. The predicted molar refractivity (Wildman–Crippen MR) is 78.1 cm³/mol. The maximum absolute atomic E-state index is 5.86. The Balaban J connectivity index is 2.20. The van der Waals surface area contributed by atoms with Crippen molar-refractivity contribution in [3.63, 3.8) is 0 Å². The lowest BCUT2D eigenvalue weighted by atomic mass is 9.80. The molecule has 1 saturated carbocycles. The Kier molecular flexibility index (Phi) is 5.34. The Morgan fingerprint density at radius 3 is 2.63 bits per heavy atom. The second-order valence-electron chi connectivity index (χ2n) is 5.60. The standard InChI is InChI=1S/C16H26N2O/c1-12-9-10-18-11-14(12)15(17-2)16(19-3)13-7-5-4-6-8-13/h9-11,13,15-17H,4-8H2,1-3H3. The van der Waals surface area contributed by atoms with E-state index in [9.17, 15) is 0 Å². The van der Waals surface area contributed by atoms with E-state index in [0.717, 1.165) is 0 Å². The first-order chi connectivity index (χ1) is 9.27. The third-order valence-corrected chi connectivity index (χ3v) is 4.44. The van der Waals surface area contributed by atoms with Gasteiger partial charge in [0.2, 0.25) is 0 Å². The van der Waals surface area contributed by atoms with E-state index < -0.39 is 0 Å². The Labute approximate surface area is 116 Å². The van der Waals surface area contributed by atoms with Crippen LogP contribution >= 0.6 is 0 Å². The molecule has 0 radical (unpaired) electrons. The number of hydrogen-bond donors (Lipinski definition) is 1. The number of methoxy groups -OCH3 is 1. The van der Waals surface area contributed by atoms with Crippen LogP contribution in [0.25, 0.3) is 0 Å². The number of pyridine rings is 1. The third-order valence-electron chi connectivity index (χ3n) is 4.44. The maximum atomic E-state index is 5.86. The number of nitrogens with one attached hydrogen (secondary N) is 1. The van der Waals surface area contributed by atoms with Crippen molar-refractivity contribution in [3.8, 4) is 0 Å². The van der Waals surface area contributed by atoms with Gasteiger partial charge in [-0.3, -0.25) is 4.98 Å². The molecule has 0 aromatic carbocycles. The van der Waals surface area contributed by atoms with Gasteiger partial charge in [-0.25, -0.2) is 0 Å². The minimum absolute atomic E-state index is 0.238. The predicted octanol–water partition coefficient (Wildman–Crippen LogP) is 3.25. The van der Waals surface area contributed by atoms with E-state index in [0.29, 0.717) is 5.92 Å². The van der Waals surface area contributed by atoms with Crippen LogP contribution in [0.5, 0.6) is 0 Å². The van der Waals surface area contributed by atoms with Crippen molar-refractivity contribution >= 4 is 0 Å². The molecule has 2 rings (SSSR count). The Morgan fingerprint density at radius 2 is 2.05 bits per heavy atom. The fraction of sp³-hybridized carbons (Fsp3) is 0.688. The summed E-state index contributed by atoms with van der Waals surface area (Å²) in [4.78, 5) is 4.28. The van der Waals surface area contributed by atoms with E-state index in [2.05, 4.69) is 23.3 Å². The van der Waals surface area contributed by atoms with Crippen molar-refractivity contribution < 1.29 is 4.74 Å². The molecule has 3 heteroatoms. The highest BCUT2D eigenvalue weighted by Crippen LogP contribution is 2.34. The van der Waals surface area contributed by atoms with Gasteiger partial charge >= 0.3 is 0 Å². The molecular weight excluding hydrogens is 236 g/mol. The van der Waals surface area contributed by atoms with Gasteiger partial charge in [-0.1, -0.05) is 19.3 Å². The van der Waals surface area contributed by atoms with Gasteiger partial charge in [0.15, 0.2) is 0 Å². The Bertz CT molecular complexity index is 388. The van der Waals surface area contributed by atoms with Crippen LogP contribution in [0.15, 0.2) is 18.5 Å². The summed E-state index contributed by atoms with van der Waals surface area (Å²) in [6.07, 6.45) is 10.7. The fourth-order valence-electron chi connectivity index (χ4n) is 3.36. The lowest BCUT2D eigenvalue weighted by Crippen LogP contribution is -2.38. The zero-order chi connectivity index (χ0) is 13.7.